The van der Waals surface area contributed by atoms with E-state index >= 15 is 0 Å². The van der Waals surface area contributed by atoms with Crippen LogP contribution in [0.3, 0.4) is 0 Å². The molecule has 1 heterocycles. The predicted octanol–water partition coefficient (Wildman–Crippen LogP) is 0.814. The van der Waals surface area contributed by atoms with E-state index < -0.39 is 11.8 Å². The Labute approximate surface area is 93.9 Å². The summed E-state index contributed by atoms with van der Waals surface area (Å²) in [5.41, 5.74) is 0. The number of nitrogens with zero attached hydrogens (tertiary/aromatic N) is 1. The minimum Gasteiger partial charge on any atom is -0.481 e. The lowest BCUT2D eigenvalue weighted by Crippen LogP contribution is -2.29. The van der Waals surface area contributed by atoms with Crippen LogP contribution in [0.4, 0.5) is 0 Å². The highest BCUT2D eigenvalue weighted by Crippen LogP contribution is 2.16. The second kappa shape index (κ2) is 5.67. The number of aliphatic hydroxyl groups is 2. The van der Waals surface area contributed by atoms with Crippen LogP contribution in [0.5, 0.6) is 0 Å². The molecule has 3 N–H and O–H groups in total. The molecule has 5 heteroatoms. The van der Waals surface area contributed by atoms with Gasteiger partial charge in [-0.1, -0.05) is 0 Å². The highest BCUT2D eigenvalue weighted by Gasteiger charge is 2.22. The molecule has 1 aromatic rings. The van der Waals surface area contributed by atoms with Crippen LogP contribution in [0.2, 0.25) is 0 Å². The molecule has 16 heavy (non-hydrogen) atoms. The number of carboxylic acids is 1. The summed E-state index contributed by atoms with van der Waals surface area (Å²) in [5.74, 6) is -2.69. The number of aliphatic carboxylic acids is 1. The van der Waals surface area contributed by atoms with Gasteiger partial charge in [-0.05, 0) is 18.6 Å². The summed E-state index contributed by atoms with van der Waals surface area (Å²) in [6.45, 7) is 0.507. The van der Waals surface area contributed by atoms with Crippen LogP contribution in [0.15, 0.2) is 24.5 Å². The molecule has 0 radical (unpaired) electrons. The van der Waals surface area contributed by atoms with Gasteiger partial charge in [-0.2, -0.15) is 0 Å². The summed E-state index contributed by atoms with van der Waals surface area (Å²) in [4.78, 5) is 10.3. The zero-order chi connectivity index (χ0) is 12.0. The molecule has 90 valence electrons. The van der Waals surface area contributed by atoms with E-state index in [2.05, 4.69) is 0 Å². The Morgan fingerprint density at radius 3 is 2.38 bits per heavy atom. The fourth-order valence-corrected chi connectivity index (χ4v) is 1.48. The standard InChI is InChI=1S/C11H17NO4/c13-10(14)4-3-5-11(15,16)6-9-12-7-1-2-8-12/h1-2,7-8,15-16H,3-6,9H2,(H,13,14). The summed E-state index contributed by atoms with van der Waals surface area (Å²) in [5, 5.41) is 27.6. The third-order valence-corrected chi connectivity index (χ3v) is 2.40. The smallest absolute Gasteiger partial charge is 0.303 e. The maximum absolute atomic E-state index is 10.3. The lowest BCUT2D eigenvalue weighted by molar-refractivity contribution is -0.173. The summed E-state index contributed by atoms with van der Waals surface area (Å²) in [6, 6.07) is 3.72. The SMILES string of the molecule is O=C(O)CCCC(O)(O)CCn1cccc1. The van der Waals surface area contributed by atoms with Crippen LogP contribution in [-0.4, -0.2) is 31.6 Å². The van der Waals surface area contributed by atoms with Crippen LogP contribution in [0.1, 0.15) is 25.7 Å². The Balaban J connectivity index is 2.25. The monoisotopic (exact) mass is 227 g/mol. The second-order valence-corrected chi connectivity index (χ2v) is 3.90. The third-order valence-electron chi connectivity index (χ3n) is 2.40. The molecule has 0 aromatic carbocycles. The van der Waals surface area contributed by atoms with Crippen LogP contribution in [0, 0.1) is 0 Å². The lowest BCUT2D eigenvalue weighted by atomic mass is 10.1. The van der Waals surface area contributed by atoms with Crippen LogP contribution in [0.25, 0.3) is 0 Å². The number of hydrogen-bond acceptors (Lipinski definition) is 3. The minimum atomic E-state index is -1.78. The van der Waals surface area contributed by atoms with Crippen LogP contribution < -0.4 is 0 Å². The summed E-state index contributed by atoms with van der Waals surface area (Å²) in [6.07, 6.45) is 4.20. The van der Waals surface area contributed by atoms with Crippen molar-refractivity contribution in [3.8, 4) is 0 Å². The molecule has 1 rings (SSSR count). The Kier molecular flexibility index (Phi) is 4.52. The van der Waals surface area contributed by atoms with Crippen molar-refractivity contribution in [1.29, 1.82) is 0 Å². The van der Waals surface area contributed by atoms with Crippen molar-refractivity contribution in [2.45, 2.75) is 38.0 Å². The molecule has 0 aliphatic rings. The van der Waals surface area contributed by atoms with E-state index in [4.69, 9.17) is 5.11 Å². The molecule has 1 aromatic heterocycles. The van der Waals surface area contributed by atoms with Gasteiger partial charge in [0.2, 0.25) is 0 Å². The molecule has 0 saturated carbocycles. The van der Waals surface area contributed by atoms with E-state index in [0.29, 0.717) is 6.54 Å². The number of carbonyl (C=O) groups is 1. The van der Waals surface area contributed by atoms with E-state index in [9.17, 15) is 15.0 Å². The first-order chi connectivity index (χ1) is 7.49. The van der Waals surface area contributed by atoms with E-state index in [0.717, 1.165) is 0 Å². The molecular weight excluding hydrogens is 210 g/mol. The predicted molar refractivity (Wildman–Crippen MR) is 57.7 cm³/mol. The number of aryl methyl sites for hydroxylation is 1. The van der Waals surface area contributed by atoms with Crippen molar-refractivity contribution in [3.05, 3.63) is 24.5 Å². The van der Waals surface area contributed by atoms with Gasteiger partial charge >= 0.3 is 5.97 Å². The summed E-state index contributed by atoms with van der Waals surface area (Å²) < 4.78 is 1.85. The fraction of sp³-hybridized carbons (Fsp3) is 0.545. The zero-order valence-corrected chi connectivity index (χ0v) is 9.04. The van der Waals surface area contributed by atoms with Gasteiger partial charge < -0.3 is 19.9 Å². The quantitative estimate of drug-likeness (QED) is 0.602. The van der Waals surface area contributed by atoms with E-state index in [-0.39, 0.29) is 25.7 Å². The van der Waals surface area contributed by atoms with Gasteiger partial charge in [-0.3, -0.25) is 4.79 Å². The van der Waals surface area contributed by atoms with E-state index in [1.165, 1.54) is 0 Å². The van der Waals surface area contributed by atoms with Crippen LogP contribution in [-0.2, 0) is 11.3 Å². The normalized spacial score (nSPS) is 11.6. The number of carboxylic acid groups (broad SMARTS) is 1. The molecule has 0 atom stereocenters. The van der Waals surface area contributed by atoms with E-state index in [1.807, 2.05) is 29.1 Å². The average molecular weight is 227 g/mol. The highest BCUT2D eigenvalue weighted by atomic mass is 16.5. The van der Waals surface area contributed by atoms with Gasteiger partial charge in [0.05, 0.1) is 0 Å². The average Bonchev–Trinajstić information content (AvgIpc) is 2.66. The first-order valence-electron chi connectivity index (χ1n) is 5.27. The summed E-state index contributed by atoms with van der Waals surface area (Å²) in [7, 11) is 0. The Bertz CT molecular complexity index is 319. The van der Waals surface area contributed by atoms with Crippen LogP contribution >= 0.6 is 0 Å². The Hall–Kier alpha value is -1.33. The topological polar surface area (TPSA) is 82.7 Å². The van der Waals surface area contributed by atoms with Crippen molar-refractivity contribution in [2.24, 2.45) is 0 Å². The van der Waals surface area contributed by atoms with Crippen molar-refractivity contribution >= 4 is 5.97 Å². The highest BCUT2D eigenvalue weighted by molar-refractivity contribution is 5.66. The number of hydrogen-bond donors (Lipinski definition) is 3. The molecule has 0 spiro atoms. The largest absolute Gasteiger partial charge is 0.481 e. The van der Waals surface area contributed by atoms with Crippen molar-refractivity contribution < 1.29 is 20.1 Å². The maximum atomic E-state index is 10.3. The number of aromatic nitrogens is 1. The minimum absolute atomic E-state index is 0.0353. The van der Waals surface area contributed by atoms with Crippen molar-refractivity contribution in [3.63, 3.8) is 0 Å². The maximum Gasteiger partial charge on any atom is 0.303 e. The first-order valence-corrected chi connectivity index (χ1v) is 5.27. The van der Waals surface area contributed by atoms with Crippen molar-refractivity contribution in [1.82, 2.24) is 4.57 Å². The zero-order valence-electron chi connectivity index (χ0n) is 9.04. The van der Waals surface area contributed by atoms with E-state index in [1.54, 1.807) is 0 Å². The van der Waals surface area contributed by atoms with Gasteiger partial charge in [-0.15, -0.1) is 0 Å². The Morgan fingerprint density at radius 2 is 1.81 bits per heavy atom. The molecular formula is C11H17NO4. The summed E-state index contributed by atoms with van der Waals surface area (Å²) >= 11 is 0. The number of rotatable bonds is 7. The molecule has 0 amide bonds. The fourth-order valence-electron chi connectivity index (χ4n) is 1.48. The van der Waals surface area contributed by atoms with Gasteiger partial charge in [0.1, 0.15) is 0 Å². The second-order valence-electron chi connectivity index (χ2n) is 3.90. The molecule has 0 saturated heterocycles. The first kappa shape index (κ1) is 12.7. The molecule has 5 nitrogen and oxygen atoms in total. The lowest BCUT2D eigenvalue weighted by Gasteiger charge is -2.21. The molecule has 0 fully saturated rings. The third kappa shape index (κ3) is 4.95. The van der Waals surface area contributed by atoms with Gasteiger partial charge in [-0.25, -0.2) is 0 Å². The molecule has 0 aliphatic carbocycles. The molecule has 0 bridgehead atoms. The Morgan fingerprint density at radius 1 is 1.19 bits per heavy atom. The van der Waals surface area contributed by atoms with Crippen molar-refractivity contribution in [2.75, 3.05) is 0 Å². The van der Waals surface area contributed by atoms with Gasteiger partial charge in [0.15, 0.2) is 5.79 Å². The molecule has 0 aliphatic heterocycles. The van der Waals surface area contributed by atoms with Gasteiger partial charge in [0, 0.05) is 38.2 Å². The molecule has 0 unspecified atom stereocenters. The van der Waals surface area contributed by atoms with Gasteiger partial charge in [0.25, 0.3) is 0 Å².